The molecule has 0 aliphatic rings. The number of ether oxygens (including phenoxy) is 1. The fourth-order valence-electron chi connectivity index (χ4n) is 2.16. The molecule has 0 bridgehead atoms. The minimum absolute atomic E-state index is 0.0774. The quantitative estimate of drug-likeness (QED) is 0.397. The van der Waals surface area contributed by atoms with Crippen molar-refractivity contribution in [3.8, 4) is 12.1 Å². The number of hydrogen-bond donors (Lipinski definition) is 2. The zero-order chi connectivity index (χ0) is 19.9. The molecule has 0 saturated heterocycles. The molecule has 8 nitrogen and oxygen atoms in total. The molecule has 8 heteroatoms. The Morgan fingerprint density at radius 2 is 1.58 bits per heavy atom. The van der Waals surface area contributed by atoms with Crippen LogP contribution in [-0.4, -0.2) is 37.0 Å². The summed E-state index contributed by atoms with van der Waals surface area (Å²) in [4.78, 5) is 34.4. The maximum atomic E-state index is 11.9. The van der Waals surface area contributed by atoms with Crippen LogP contribution in [0.4, 0.5) is 0 Å². The van der Waals surface area contributed by atoms with Crippen molar-refractivity contribution in [3.05, 3.63) is 0 Å². The van der Waals surface area contributed by atoms with Gasteiger partial charge in [-0.25, -0.2) is 0 Å². The lowest BCUT2D eigenvalue weighted by Gasteiger charge is -2.19. The zero-order valence-electron chi connectivity index (χ0n) is 15.7. The first-order chi connectivity index (χ1) is 12.3. The average Bonchev–Trinajstić information content (AvgIpc) is 2.58. The van der Waals surface area contributed by atoms with Gasteiger partial charge in [-0.1, -0.05) is 0 Å². The third kappa shape index (κ3) is 12.8. The Morgan fingerprint density at radius 3 is 2.12 bits per heavy atom. The Balaban J connectivity index is 4.20. The van der Waals surface area contributed by atoms with E-state index in [1.54, 1.807) is 13.8 Å². The number of unbranched alkanes of at least 4 members (excludes halogenated alkanes) is 1. The minimum Gasteiger partial charge on any atom is -0.464 e. The zero-order valence-corrected chi connectivity index (χ0v) is 15.7. The summed E-state index contributed by atoms with van der Waals surface area (Å²) in [6.45, 7) is 5.21. The van der Waals surface area contributed by atoms with Gasteiger partial charge in [-0.2, -0.15) is 10.5 Å². The number of rotatable bonds is 12. The molecule has 0 spiro atoms. The number of carbonyl (C=O) groups is 3. The number of amides is 2. The molecule has 0 aromatic rings. The fourth-order valence-corrected chi connectivity index (χ4v) is 2.16. The van der Waals surface area contributed by atoms with E-state index in [1.807, 2.05) is 12.1 Å². The Morgan fingerprint density at radius 1 is 1.00 bits per heavy atom. The SMILES string of the molecule is CC(=O)OC[C@H](CCCCNC(=O)C[C@@H](C)C#N)NC(=O)C[C@@H](C)C#N. The van der Waals surface area contributed by atoms with E-state index < -0.39 is 5.97 Å². The molecule has 0 aromatic carbocycles. The highest BCUT2D eigenvalue weighted by atomic mass is 16.5. The van der Waals surface area contributed by atoms with Crippen molar-refractivity contribution >= 4 is 17.8 Å². The molecule has 0 saturated carbocycles. The molecule has 26 heavy (non-hydrogen) atoms. The highest BCUT2D eigenvalue weighted by Crippen LogP contribution is 2.05. The van der Waals surface area contributed by atoms with Crippen LogP contribution in [0.25, 0.3) is 0 Å². The fraction of sp³-hybridized carbons (Fsp3) is 0.722. The predicted octanol–water partition coefficient (Wildman–Crippen LogP) is 1.42. The molecule has 0 aliphatic heterocycles. The molecule has 3 atom stereocenters. The molecule has 2 N–H and O–H groups in total. The molecule has 0 fully saturated rings. The highest BCUT2D eigenvalue weighted by molar-refractivity contribution is 5.77. The van der Waals surface area contributed by atoms with E-state index in [4.69, 9.17) is 15.3 Å². The normalized spacial score (nSPS) is 13.4. The number of nitrogens with zero attached hydrogens (tertiary/aromatic N) is 2. The first-order valence-electron chi connectivity index (χ1n) is 8.77. The van der Waals surface area contributed by atoms with Gasteiger partial charge in [0.25, 0.3) is 0 Å². The van der Waals surface area contributed by atoms with Gasteiger partial charge in [0.05, 0.1) is 30.0 Å². The Hall–Kier alpha value is -2.61. The van der Waals surface area contributed by atoms with Gasteiger partial charge in [0.2, 0.25) is 11.8 Å². The molecular formula is C18H28N4O4. The third-order valence-electron chi connectivity index (χ3n) is 3.58. The summed E-state index contributed by atoms with van der Waals surface area (Å²) in [6, 6.07) is 3.68. The van der Waals surface area contributed by atoms with Gasteiger partial charge < -0.3 is 15.4 Å². The number of esters is 1. The van der Waals surface area contributed by atoms with Gasteiger partial charge in [-0.3, -0.25) is 14.4 Å². The van der Waals surface area contributed by atoms with Crippen LogP contribution in [-0.2, 0) is 19.1 Å². The summed E-state index contributed by atoms with van der Waals surface area (Å²) >= 11 is 0. The lowest BCUT2D eigenvalue weighted by Crippen LogP contribution is -2.39. The van der Waals surface area contributed by atoms with Gasteiger partial charge in [-0.15, -0.1) is 0 Å². The van der Waals surface area contributed by atoms with Gasteiger partial charge in [0.1, 0.15) is 6.61 Å². The first-order valence-corrected chi connectivity index (χ1v) is 8.77. The largest absolute Gasteiger partial charge is 0.464 e. The molecule has 2 amide bonds. The van der Waals surface area contributed by atoms with Crippen LogP contribution in [0.1, 0.15) is 52.9 Å². The number of nitrogens with one attached hydrogen (secondary N) is 2. The van der Waals surface area contributed by atoms with E-state index in [9.17, 15) is 14.4 Å². The summed E-state index contributed by atoms with van der Waals surface area (Å²) < 4.78 is 4.97. The summed E-state index contributed by atoms with van der Waals surface area (Å²) in [6.07, 6.45) is 2.28. The lowest BCUT2D eigenvalue weighted by molar-refractivity contribution is -0.142. The number of nitriles is 2. The van der Waals surface area contributed by atoms with Crippen LogP contribution in [0.3, 0.4) is 0 Å². The van der Waals surface area contributed by atoms with E-state index >= 15 is 0 Å². The van der Waals surface area contributed by atoms with Crippen molar-refractivity contribution in [3.63, 3.8) is 0 Å². The molecule has 0 rings (SSSR count). The smallest absolute Gasteiger partial charge is 0.302 e. The van der Waals surface area contributed by atoms with E-state index in [2.05, 4.69) is 10.6 Å². The van der Waals surface area contributed by atoms with E-state index in [0.29, 0.717) is 25.8 Å². The second-order valence-corrected chi connectivity index (χ2v) is 6.38. The third-order valence-corrected chi connectivity index (χ3v) is 3.58. The maximum absolute atomic E-state index is 11.9. The van der Waals surface area contributed by atoms with Crippen molar-refractivity contribution in [1.29, 1.82) is 10.5 Å². The molecule has 0 aliphatic carbocycles. The topological polar surface area (TPSA) is 132 Å². The molecule has 0 aromatic heterocycles. The Bertz CT molecular complexity index is 550. The molecule has 0 radical (unpaired) electrons. The van der Waals surface area contributed by atoms with E-state index in [0.717, 1.165) is 0 Å². The van der Waals surface area contributed by atoms with Crippen molar-refractivity contribution in [2.24, 2.45) is 11.8 Å². The highest BCUT2D eigenvalue weighted by Gasteiger charge is 2.16. The van der Waals surface area contributed by atoms with E-state index in [-0.39, 0.29) is 49.1 Å². The molecule has 144 valence electrons. The summed E-state index contributed by atoms with van der Waals surface area (Å²) in [7, 11) is 0. The summed E-state index contributed by atoms with van der Waals surface area (Å²) in [5, 5.41) is 23.0. The lowest BCUT2D eigenvalue weighted by atomic mass is 10.1. The molecule has 0 unspecified atom stereocenters. The Kier molecular flexibility index (Phi) is 12.3. The minimum atomic E-state index is -0.423. The van der Waals surface area contributed by atoms with Gasteiger partial charge >= 0.3 is 5.97 Å². The van der Waals surface area contributed by atoms with Crippen molar-refractivity contribution < 1.29 is 19.1 Å². The predicted molar refractivity (Wildman–Crippen MR) is 94.2 cm³/mol. The molecular weight excluding hydrogens is 336 g/mol. The van der Waals surface area contributed by atoms with Gasteiger partial charge in [0.15, 0.2) is 0 Å². The Labute approximate surface area is 154 Å². The van der Waals surface area contributed by atoms with Crippen molar-refractivity contribution in [2.45, 2.75) is 58.9 Å². The first kappa shape index (κ1) is 23.4. The van der Waals surface area contributed by atoms with Crippen LogP contribution in [0, 0.1) is 34.5 Å². The van der Waals surface area contributed by atoms with Crippen molar-refractivity contribution in [2.75, 3.05) is 13.2 Å². The summed E-state index contributed by atoms with van der Waals surface area (Å²) in [5.41, 5.74) is 0. The number of hydrogen-bond acceptors (Lipinski definition) is 6. The van der Waals surface area contributed by atoms with Crippen LogP contribution in [0.15, 0.2) is 0 Å². The monoisotopic (exact) mass is 364 g/mol. The maximum Gasteiger partial charge on any atom is 0.302 e. The van der Waals surface area contributed by atoms with Gasteiger partial charge in [0, 0.05) is 26.3 Å². The molecule has 0 heterocycles. The van der Waals surface area contributed by atoms with Crippen LogP contribution in [0.2, 0.25) is 0 Å². The average molecular weight is 364 g/mol. The number of carbonyl (C=O) groups excluding carboxylic acids is 3. The van der Waals surface area contributed by atoms with Gasteiger partial charge in [-0.05, 0) is 33.1 Å². The van der Waals surface area contributed by atoms with Crippen LogP contribution >= 0.6 is 0 Å². The second kappa shape index (κ2) is 13.7. The summed E-state index contributed by atoms with van der Waals surface area (Å²) in [5.74, 6) is -1.53. The van der Waals surface area contributed by atoms with E-state index in [1.165, 1.54) is 6.92 Å². The van der Waals surface area contributed by atoms with Crippen LogP contribution < -0.4 is 10.6 Å². The second-order valence-electron chi connectivity index (χ2n) is 6.38. The van der Waals surface area contributed by atoms with Crippen molar-refractivity contribution in [1.82, 2.24) is 10.6 Å². The van der Waals surface area contributed by atoms with Crippen LogP contribution in [0.5, 0.6) is 0 Å². The standard InChI is InChI=1S/C18H28N4O4/c1-13(10-19)8-17(24)21-7-5-4-6-16(12-26-15(3)23)22-18(25)9-14(2)11-20/h13-14,16H,4-9,12H2,1-3H3,(H,21,24)(H,22,25)/t13-,14-,16+/m1/s1.